The van der Waals surface area contributed by atoms with Crippen molar-refractivity contribution in [2.75, 3.05) is 21.9 Å². The number of rotatable bonds is 7. The van der Waals surface area contributed by atoms with Gasteiger partial charge >= 0.3 is 10.3 Å². The molecule has 10 nitrogen and oxygen atoms in total. The normalized spacial score (nSPS) is 11.5. The molecule has 0 radical (unpaired) electrons. The van der Waals surface area contributed by atoms with Crippen molar-refractivity contribution in [3.8, 4) is 0 Å². The lowest BCUT2D eigenvalue weighted by Gasteiger charge is -2.10. The molecule has 0 fully saturated rings. The van der Waals surface area contributed by atoms with Crippen molar-refractivity contribution in [1.29, 1.82) is 0 Å². The number of benzene rings is 1. The van der Waals surface area contributed by atoms with Crippen LogP contribution in [0, 0.1) is 0 Å². The summed E-state index contributed by atoms with van der Waals surface area (Å²) in [5, 5.41) is 11.4. The summed E-state index contributed by atoms with van der Waals surface area (Å²) in [6.45, 7) is 3.13. The topological polar surface area (TPSA) is 134 Å². The zero-order valence-corrected chi connectivity index (χ0v) is 15.1. The second-order valence-electron chi connectivity index (χ2n) is 5.56. The van der Waals surface area contributed by atoms with Crippen LogP contribution in [0.15, 0.2) is 30.5 Å². The molecule has 4 N–H and O–H groups in total. The van der Waals surface area contributed by atoms with E-state index in [0.717, 1.165) is 10.9 Å². The van der Waals surface area contributed by atoms with Crippen molar-refractivity contribution < 1.29 is 13.0 Å². The van der Waals surface area contributed by atoms with Gasteiger partial charge in [-0.05, 0) is 24.6 Å². The van der Waals surface area contributed by atoms with E-state index in [1.165, 1.54) is 0 Å². The molecular weight excluding hydrogens is 358 g/mol. The van der Waals surface area contributed by atoms with Crippen LogP contribution in [0.3, 0.4) is 0 Å². The molecule has 0 amide bonds. The molecule has 26 heavy (non-hydrogen) atoms. The van der Waals surface area contributed by atoms with Gasteiger partial charge in [0.2, 0.25) is 5.95 Å². The Bertz CT molecular complexity index is 1020. The van der Waals surface area contributed by atoms with Gasteiger partial charge in [-0.1, -0.05) is 12.1 Å². The summed E-state index contributed by atoms with van der Waals surface area (Å²) in [4.78, 5) is 8.91. The Kier molecular flexibility index (Phi) is 4.91. The van der Waals surface area contributed by atoms with Gasteiger partial charge in [0.1, 0.15) is 5.82 Å². The van der Waals surface area contributed by atoms with Gasteiger partial charge in [-0.3, -0.25) is 14.0 Å². The molecule has 0 aliphatic carbocycles. The van der Waals surface area contributed by atoms with Crippen LogP contribution in [0.1, 0.15) is 12.5 Å². The van der Waals surface area contributed by atoms with Crippen LogP contribution >= 0.6 is 0 Å². The summed E-state index contributed by atoms with van der Waals surface area (Å²) in [7, 11) is -2.46. The molecule has 0 spiro atoms. The Morgan fingerprint density at radius 3 is 2.54 bits per heavy atom. The Morgan fingerprint density at radius 1 is 1.15 bits per heavy atom. The molecule has 0 aliphatic heterocycles. The Hall–Kier alpha value is -2.92. The third kappa shape index (κ3) is 4.18. The molecule has 0 bridgehead atoms. The molecule has 11 heteroatoms. The fourth-order valence-electron chi connectivity index (χ4n) is 2.42. The van der Waals surface area contributed by atoms with Crippen molar-refractivity contribution in [3.63, 3.8) is 0 Å². The van der Waals surface area contributed by atoms with Crippen LogP contribution in [0.4, 0.5) is 17.5 Å². The van der Waals surface area contributed by atoms with Gasteiger partial charge in [-0.25, -0.2) is 0 Å². The third-order valence-electron chi connectivity index (χ3n) is 3.59. The van der Waals surface area contributed by atoms with Gasteiger partial charge in [-0.15, -0.1) is 0 Å². The van der Waals surface area contributed by atoms with Crippen molar-refractivity contribution in [1.82, 2.24) is 19.7 Å². The largest absolute Gasteiger partial charge is 0.365 e. The summed E-state index contributed by atoms with van der Waals surface area (Å²) >= 11 is 0. The highest BCUT2D eigenvalue weighted by atomic mass is 32.2. The molecular formula is C15H19N7O3S. The van der Waals surface area contributed by atoms with Crippen LogP contribution < -0.4 is 15.4 Å². The smallest absolute Gasteiger partial charge is 0.357 e. The Balaban J connectivity index is 1.79. The predicted octanol–water partition coefficient (Wildman–Crippen LogP) is 1.62. The molecule has 0 saturated carbocycles. The quantitative estimate of drug-likeness (QED) is 0.456. The number of fused-ring (bicyclic) bond motifs is 1. The molecule has 2 aromatic heterocycles. The minimum atomic E-state index is -4.28. The Morgan fingerprint density at radius 2 is 1.88 bits per heavy atom. The van der Waals surface area contributed by atoms with E-state index in [4.69, 9.17) is 4.55 Å². The lowest BCUT2D eigenvalue weighted by atomic mass is 10.2. The van der Waals surface area contributed by atoms with Crippen molar-refractivity contribution in [2.24, 2.45) is 7.05 Å². The molecule has 0 unspecified atom stereocenters. The van der Waals surface area contributed by atoms with Crippen molar-refractivity contribution in [2.45, 2.75) is 13.5 Å². The molecule has 3 rings (SSSR count). The first-order valence-electron chi connectivity index (χ1n) is 7.87. The van der Waals surface area contributed by atoms with Crippen molar-refractivity contribution in [3.05, 3.63) is 36.0 Å². The molecule has 1 aromatic carbocycles. The van der Waals surface area contributed by atoms with E-state index in [2.05, 4.69) is 25.7 Å². The summed E-state index contributed by atoms with van der Waals surface area (Å²) in [6, 6.07) is 6.61. The first kappa shape index (κ1) is 17.9. The minimum absolute atomic E-state index is 0.280. The SMILES string of the molecule is CCNc1nc(NCc2ccc(NS(=O)(=O)O)cc2)c2cnn(C)c2n1. The van der Waals surface area contributed by atoms with Gasteiger partial charge in [-0.2, -0.15) is 23.5 Å². The van der Waals surface area contributed by atoms with Gasteiger partial charge in [0.15, 0.2) is 5.65 Å². The second-order valence-corrected chi connectivity index (χ2v) is 6.71. The first-order chi connectivity index (χ1) is 12.4. The second kappa shape index (κ2) is 7.14. The zero-order valence-electron chi connectivity index (χ0n) is 14.3. The third-order valence-corrected chi connectivity index (χ3v) is 4.08. The van der Waals surface area contributed by atoms with Gasteiger partial charge in [0.25, 0.3) is 0 Å². The highest BCUT2D eigenvalue weighted by Crippen LogP contribution is 2.22. The summed E-state index contributed by atoms with van der Waals surface area (Å²) < 4.78 is 34.1. The molecule has 138 valence electrons. The number of aryl methyl sites for hydroxylation is 1. The molecule has 3 aromatic rings. The van der Waals surface area contributed by atoms with Crippen LogP contribution in [0.5, 0.6) is 0 Å². The average Bonchev–Trinajstić information content (AvgIpc) is 2.94. The maximum Gasteiger partial charge on any atom is 0.357 e. The number of hydrogen-bond acceptors (Lipinski definition) is 7. The number of nitrogens with one attached hydrogen (secondary N) is 3. The highest BCUT2D eigenvalue weighted by Gasteiger charge is 2.11. The van der Waals surface area contributed by atoms with Crippen LogP contribution in [0.25, 0.3) is 11.0 Å². The average molecular weight is 377 g/mol. The van der Waals surface area contributed by atoms with Crippen molar-refractivity contribution >= 4 is 38.8 Å². The van der Waals surface area contributed by atoms with Crippen LogP contribution in [0.2, 0.25) is 0 Å². The lowest BCUT2D eigenvalue weighted by Crippen LogP contribution is -2.10. The fourth-order valence-corrected chi connectivity index (χ4v) is 2.85. The number of nitrogens with zero attached hydrogens (tertiary/aromatic N) is 4. The first-order valence-corrected chi connectivity index (χ1v) is 9.31. The highest BCUT2D eigenvalue weighted by molar-refractivity contribution is 7.87. The monoisotopic (exact) mass is 377 g/mol. The number of anilines is 3. The van der Waals surface area contributed by atoms with Gasteiger partial charge in [0, 0.05) is 20.1 Å². The van der Waals surface area contributed by atoms with E-state index in [1.54, 1.807) is 35.1 Å². The van der Waals surface area contributed by atoms with E-state index >= 15 is 0 Å². The number of aromatic nitrogens is 4. The summed E-state index contributed by atoms with van der Waals surface area (Å²) in [5.74, 6) is 1.16. The molecule has 0 saturated heterocycles. The molecule has 0 aliphatic rings. The van der Waals surface area contributed by atoms with E-state index in [0.29, 0.717) is 30.5 Å². The predicted molar refractivity (Wildman–Crippen MR) is 99.4 cm³/mol. The lowest BCUT2D eigenvalue weighted by molar-refractivity contribution is 0.489. The van der Waals surface area contributed by atoms with Gasteiger partial charge < -0.3 is 10.6 Å². The van der Waals surface area contributed by atoms with E-state index in [1.807, 2.05) is 18.7 Å². The summed E-state index contributed by atoms with van der Waals surface area (Å²) in [6.07, 6.45) is 1.70. The maximum absolute atomic E-state index is 10.8. The van der Waals surface area contributed by atoms with Gasteiger partial charge in [0.05, 0.1) is 17.3 Å². The minimum Gasteiger partial charge on any atom is -0.365 e. The van der Waals surface area contributed by atoms with Crippen LogP contribution in [-0.4, -0.2) is 39.3 Å². The molecule has 2 heterocycles. The fraction of sp³-hybridized carbons (Fsp3) is 0.267. The van der Waals surface area contributed by atoms with E-state index in [-0.39, 0.29) is 5.69 Å². The Labute approximate surface area is 150 Å². The zero-order chi connectivity index (χ0) is 18.7. The summed E-state index contributed by atoms with van der Waals surface area (Å²) in [5.41, 5.74) is 1.90. The van der Waals surface area contributed by atoms with E-state index < -0.39 is 10.3 Å². The maximum atomic E-state index is 10.8. The number of hydrogen-bond donors (Lipinski definition) is 4. The standard InChI is InChI=1S/C15H19N7O3S/c1-3-16-15-19-13(12-9-18-22(2)14(12)20-15)17-8-10-4-6-11(7-5-10)21-26(23,24)25/h4-7,9,21H,3,8H2,1-2H3,(H,23,24,25)(H2,16,17,19,20). The van der Waals surface area contributed by atoms with Crippen LogP contribution in [-0.2, 0) is 23.9 Å². The molecule has 0 atom stereocenters. The van der Waals surface area contributed by atoms with E-state index in [9.17, 15) is 8.42 Å².